The summed E-state index contributed by atoms with van der Waals surface area (Å²) < 4.78 is 16.9. The average molecular weight is 576 g/mol. The van der Waals surface area contributed by atoms with Crippen molar-refractivity contribution < 1.29 is 24.4 Å². The van der Waals surface area contributed by atoms with Crippen LogP contribution in [0.3, 0.4) is 0 Å². The first-order valence-corrected chi connectivity index (χ1v) is 12.6. The van der Waals surface area contributed by atoms with Gasteiger partial charge in [0.15, 0.2) is 11.5 Å². The number of aromatic nitrogens is 1. The minimum absolute atomic E-state index is 0. The van der Waals surface area contributed by atoms with Crippen LogP contribution in [0.4, 0.5) is 0 Å². The van der Waals surface area contributed by atoms with Gasteiger partial charge in [-0.1, -0.05) is 56.2 Å². The minimum atomic E-state index is -0.628. The van der Waals surface area contributed by atoms with Gasteiger partial charge in [0.2, 0.25) is 0 Å². The predicted molar refractivity (Wildman–Crippen MR) is 156 cm³/mol. The molecule has 4 N–H and O–H groups in total. The van der Waals surface area contributed by atoms with Crippen molar-refractivity contribution in [3.63, 3.8) is 0 Å². The number of aliphatic hydroxyl groups excluding tert-OH is 2. The van der Waals surface area contributed by atoms with E-state index in [-0.39, 0.29) is 23.6 Å². The molecule has 202 valence electrons. The average Bonchev–Trinajstić information content (AvgIpc) is 3.30. The van der Waals surface area contributed by atoms with E-state index >= 15 is 0 Å². The highest BCUT2D eigenvalue weighted by Gasteiger charge is 2.11. The van der Waals surface area contributed by atoms with Crippen LogP contribution in [0.1, 0.15) is 26.2 Å². The maximum absolute atomic E-state index is 10.3. The molecule has 4 aromatic rings. The molecule has 0 aliphatic rings. The Bertz CT molecular complexity index is 1180. The van der Waals surface area contributed by atoms with Crippen LogP contribution >= 0.6 is 17.0 Å². The summed E-state index contributed by atoms with van der Waals surface area (Å²) in [5.74, 6) is 2.18. The first-order valence-electron chi connectivity index (χ1n) is 12.6. The smallest absolute Gasteiger partial charge is 0.161 e. The van der Waals surface area contributed by atoms with Crippen molar-refractivity contribution in [1.82, 2.24) is 10.3 Å². The first-order chi connectivity index (χ1) is 17.7. The standard InChI is InChI=1S/C24H26N2O4.C5H12O.BrH/c1-28-21-10-4-5-11-22(21)29-14-13-25-15-17(27)16-30-23-12-6-9-20-24(23)18-7-2-3-8-19(18)26-20;1-2-3-4-5-6;/h2-12,17,25-27H,13-16H2,1H3;6H,2-5H2,1H3;1H. The van der Waals surface area contributed by atoms with Crippen molar-refractivity contribution in [2.24, 2.45) is 0 Å². The second-order valence-corrected chi connectivity index (χ2v) is 8.45. The van der Waals surface area contributed by atoms with E-state index in [0.29, 0.717) is 37.8 Å². The number of hydrogen-bond donors (Lipinski definition) is 4. The van der Waals surface area contributed by atoms with Gasteiger partial charge in [-0.25, -0.2) is 0 Å². The molecule has 3 aromatic carbocycles. The molecule has 1 unspecified atom stereocenters. The molecular formula is C29H39BrN2O5. The van der Waals surface area contributed by atoms with Crippen LogP contribution in [0.15, 0.2) is 66.7 Å². The topological polar surface area (TPSA) is 96.0 Å². The lowest BCUT2D eigenvalue weighted by Crippen LogP contribution is -2.33. The lowest BCUT2D eigenvalue weighted by Gasteiger charge is -2.15. The van der Waals surface area contributed by atoms with E-state index in [4.69, 9.17) is 19.3 Å². The largest absolute Gasteiger partial charge is 0.493 e. The van der Waals surface area contributed by atoms with Crippen LogP contribution in [-0.2, 0) is 0 Å². The fourth-order valence-electron chi connectivity index (χ4n) is 3.84. The molecule has 0 saturated heterocycles. The highest BCUT2D eigenvalue weighted by atomic mass is 79.9. The molecule has 0 aliphatic heterocycles. The van der Waals surface area contributed by atoms with Crippen molar-refractivity contribution in [2.45, 2.75) is 32.3 Å². The SMILES string of the molecule is Br.CCCCCO.COc1ccccc1OCCNCC(O)COc1cccc2[nH]c3ccccc3c12. The third kappa shape index (κ3) is 9.23. The molecular weight excluding hydrogens is 536 g/mol. The van der Waals surface area contributed by atoms with Crippen molar-refractivity contribution >= 4 is 38.8 Å². The number of halogens is 1. The lowest BCUT2D eigenvalue weighted by atomic mass is 10.1. The fraction of sp³-hybridized carbons (Fsp3) is 0.379. The van der Waals surface area contributed by atoms with Crippen LogP contribution in [0.2, 0.25) is 0 Å². The third-order valence-corrected chi connectivity index (χ3v) is 5.67. The number of para-hydroxylation sites is 3. The Morgan fingerprint density at radius 2 is 1.57 bits per heavy atom. The molecule has 0 fully saturated rings. The zero-order valence-corrected chi connectivity index (χ0v) is 23.3. The van der Waals surface area contributed by atoms with Gasteiger partial charge in [-0.05, 0) is 36.8 Å². The molecule has 4 rings (SSSR count). The van der Waals surface area contributed by atoms with Gasteiger partial charge in [0.1, 0.15) is 25.1 Å². The van der Waals surface area contributed by atoms with Gasteiger partial charge >= 0.3 is 0 Å². The summed E-state index contributed by atoms with van der Waals surface area (Å²) in [6.45, 7) is 4.18. The Morgan fingerprint density at radius 3 is 2.30 bits per heavy atom. The molecule has 0 saturated carbocycles. The van der Waals surface area contributed by atoms with Crippen molar-refractivity contribution in [3.05, 3.63) is 66.7 Å². The van der Waals surface area contributed by atoms with Crippen LogP contribution in [-0.4, -0.2) is 61.3 Å². The number of rotatable bonds is 13. The maximum Gasteiger partial charge on any atom is 0.161 e. The Hall–Kier alpha value is -2.78. The normalized spacial score (nSPS) is 11.4. The van der Waals surface area contributed by atoms with Gasteiger partial charge in [-0.2, -0.15) is 0 Å². The summed E-state index contributed by atoms with van der Waals surface area (Å²) in [6.07, 6.45) is 2.70. The zero-order chi connectivity index (χ0) is 25.6. The molecule has 1 atom stereocenters. The van der Waals surface area contributed by atoms with Gasteiger partial charge in [-0.15, -0.1) is 17.0 Å². The number of H-pyrrole nitrogens is 1. The quantitative estimate of drug-likeness (QED) is 0.158. The highest BCUT2D eigenvalue weighted by molar-refractivity contribution is 8.93. The van der Waals surface area contributed by atoms with Gasteiger partial charge in [-0.3, -0.25) is 0 Å². The molecule has 37 heavy (non-hydrogen) atoms. The molecule has 1 aromatic heterocycles. The monoisotopic (exact) mass is 574 g/mol. The van der Waals surface area contributed by atoms with Crippen molar-refractivity contribution in [3.8, 4) is 17.2 Å². The Morgan fingerprint density at radius 1 is 0.865 bits per heavy atom. The molecule has 8 heteroatoms. The van der Waals surface area contributed by atoms with E-state index in [1.807, 2.05) is 60.7 Å². The Labute approximate surface area is 229 Å². The summed E-state index contributed by atoms with van der Waals surface area (Å²) >= 11 is 0. The van der Waals surface area contributed by atoms with E-state index in [1.165, 1.54) is 6.42 Å². The Kier molecular flexibility index (Phi) is 13.9. The minimum Gasteiger partial charge on any atom is -0.493 e. The molecule has 1 heterocycles. The van der Waals surface area contributed by atoms with E-state index in [1.54, 1.807) is 7.11 Å². The van der Waals surface area contributed by atoms with Crippen LogP contribution < -0.4 is 19.5 Å². The summed E-state index contributed by atoms with van der Waals surface area (Å²) in [5.41, 5.74) is 2.09. The third-order valence-electron chi connectivity index (χ3n) is 5.67. The van der Waals surface area contributed by atoms with E-state index in [9.17, 15) is 5.11 Å². The number of ether oxygens (including phenoxy) is 3. The molecule has 0 bridgehead atoms. The van der Waals surface area contributed by atoms with E-state index in [0.717, 1.165) is 40.4 Å². The lowest BCUT2D eigenvalue weighted by molar-refractivity contribution is 0.106. The van der Waals surface area contributed by atoms with Crippen LogP contribution in [0, 0.1) is 0 Å². The van der Waals surface area contributed by atoms with Gasteiger partial charge < -0.3 is 34.7 Å². The molecule has 0 aliphatic carbocycles. The van der Waals surface area contributed by atoms with Crippen molar-refractivity contribution in [2.75, 3.05) is 40.0 Å². The fourth-order valence-corrected chi connectivity index (χ4v) is 3.84. The van der Waals surface area contributed by atoms with Gasteiger partial charge in [0, 0.05) is 36.0 Å². The molecule has 0 amide bonds. The van der Waals surface area contributed by atoms with Crippen LogP contribution in [0.5, 0.6) is 17.2 Å². The van der Waals surface area contributed by atoms with E-state index < -0.39 is 6.10 Å². The van der Waals surface area contributed by atoms with Gasteiger partial charge in [0.05, 0.1) is 12.6 Å². The highest BCUT2D eigenvalue weighted by Crippen LogP contribution is 2.33. The Balaban J connectivity index is 0.000000618. The molecule has 0 radical (unpaired) electrons. The first kappa shape index (κ1) is 30.4. The second kappa shape index (κ2) is 16.9. The number of fused-ring (bicyclic) bond motifs is 3. The number of aromatic amines is 1. The van der Waals surface area contributed by atoms with Crippen LogP contribution in [0.25, 0.3) is 21.8 Å². The number of nitrogens with one attached hydrogen (secondary N) is 2. The number of hydrogen-bond acceptors (Lipinski definition) is 6. The summed E-state index contributed by atoms with van der Waals surface area (Å²) in [4.78, 5) is 3.40. The second-order valence-electron chi connectivity index (χ2n) is 8.45. The predicted octanol–water partition coefficient (Wildman–Crippen LogP) is 5.48. The zero-order valence-electron chi connectivity index (χ0n) is 21.6. The number of methoxy groups -OCH3 is 1. The van der Waals surface area contributed by atoms with Crippen molar-refractivity contribution in [1.29, 1.82) is 0 Å². The summed E-state index contributed by atoms with van der Waals surface area (Å²) in [6, 6.07) is 21.6. The maximum atomic E-state index is 10.3. The molecule has 0 spiro atoms. The number of unbranched alkanes of at least 4 members (excludes halogenated alkanes) is 2. The number of benzene rings is 3. The van der Waals surface area contributed by atoms with E-state index in [2.05, 4.69) is 23.3 Å². The molecule has 7 nitrogen and oxygen atoms in total. The summed E-state index contributed by atoms with van der Waals surface area (Å²) in [5, 5.41) is 23.8. The number of aliphatic hydroxyl groups is 2. The summed E-state index contributed by atoms with van der Waals surface area (Å²) in [7, 11) is 1.62. The van der Waals surface area contributed by atoms with Gasteiger partial charge in [0.25, 0.3) is 0 Å².